The SMILES string of the molecule is COCO[C@@H]1CC[C@@H]2[C@@H](C1)C[C@H](O[Si](C)(C)C(C)(C)C)[C@H]2C=O. The first-order chi connectivity index (χ1) is 10.7. The summed E-state index contributed by atoms with van der Waals surface area (Å²) in [5.74, 6) is 1.10. The smallest absolute Gasteiger partial charge is 0.192 e. The van der Waals surface area contributed by atoms with E-state index in [-0.39, 0.29) is 23.2 Å². The van der Waals surface area contributed by atoms with Crippen LogP contribution in [0.1, 0.15) is 46.5 Å². The molecule has 0 aromatic rings. The summed E-state index contributed by atoms with van der Waals surface area (Å²) in [6.07, 6.45) is 5.68. The van der Waals surface area contributed by atoms with Crippen molar-refractivity contribution in [3.63, 3.8) is 0 Å². The molecular weight excluding hydrogens is 308 g/mol. The van der Waals surface area contributed by atoms with Gasteiger partial charge in [-0.25, -0.2) is 0 Å². The fraction of sp³-hybridized carbons (Fsp3) is 0.944. The molecule has 0 heterocycles. The first kappa shape index (κ1) is 19.1. The minimum Gasteiger partial charge on any atom is -0.413 e. The van der Waals surface area contributed by atoms with Crippen LogP contribution in [-0.2, 0) is 18.7 Å². The van der Waals surface area contributed by atoms with Gasteiger partial charge in [0, 0.05) is 13.0 Å². The van der Waals surface area contributed by atoms with Crippen LogP contribution in [0.3, 0.4) is 0 Å². The normalized spacial score (nSPS) is 35.1. The maximum absolute atomic E-state index is 11.7. The molecule has 0 amide bonds. The molecule has 2 aliphatic carbocycles. The third kappa shape index (κ3) is 4.24. The van der Waals surface area contributed by atoms with Crippen molar-refractivity contribution in [2.75, 3.05) is 13.9 Å². The molecule has 0 saturated heterocycles. The van der Waals surface area contributed by atoms with Gasteiger partial charge in [-0.15, -0.1) is 0 Å². The first-order valence-electron chi connectivity index (χ1n) is 8.93. The summed E-state index contributed by atoms with van der Waals surface area (Å²) in [5.41, 5.74) is 0. The molecule has 0 bridgehead atoms. The molecule has 0 radical (unpaired) electrons. The zero-order valence-electron chi connectivity index (χ0n) is 15.6. The van der Waals surface area contributed by atoms with Gasteiger partial charge < -0.3 is 18.7 Å². The summed E-state index contributed by atoms with van der Waals surface area (Å²) in [4.78, 5) is 11.7. The molecule has 2 fully saturated rings. The topological polar surface area (TPSA) is 44.8 Å². The Balaban J connectivity index is 2.02. The van der Waals surface area contributed by atoms with Crippen LogP contribution in [0.15, 0.2) is 0 Å². The number of rotatable bonds is 6. The van der Waals surface area contributed by atoms with Gasteiger partial charge in [0.05, 0.1) is 12.2 Å². The van der Waals surface area contributed by atoms with Crippen molar-refractivity contribution in [3.8, 4) is 0 Å². The highest BCUT2D eigenvalue weighted by atomic mass is 28.4. The Hall–Kier alpha value is -0.233. The molecule has 4 nitrogen and oxygen atoms in total. The lowest BCUT2D eigenvalue weighted by atomic mass is 9.77. The summed E-state index contributed by atoms with van der Waals surface area (Å²) in [5, 5.41) is 0.179. The Morgan fingerprint density at radius 2 is 1.87 bits per heavy atom. The van der Waals surface area contributed by atoms with Crippen LogP contribution < -0.4 is 0 Å². The highest BCUT2D eigenvalue weighted by Gasteiger charge is 2.49. The van der Waals surface area contributed by atoms with Gasteiger partial charge in [-0.3, -0.25) is 0 Å². The van der Waals surface area contributed by atoms with E-state index < -0.39 is 8.32 Å². The van der Waals surface area contributed by atoms with Crippen LogP contribution in [0, 0.1) is 17.8 Å². The second-order valence-corrected chi connectivity index (χ2v) is 13.6. The van der Waals surface area contributed by atoms with E-state index >= 15 is 0 Å². The molecule has 0 aliphatic heterocycles. The number of hydrogen-bond acceptors (Lipinski definition) is 4. The van der Waals surface area contributed by atoms with E-state index in [4.69, 9.17) is 13.9 Å². The van der Waals surface area contributed by atoms with Crippen molar-refractivity contribution in [2.24, 2.45) is 17.8 Å². The average Bonchev–Trinajstić information content (AvgIpc) is 2.79. The summed E-state index contributed by atoms with van der Waals surface area (Å²) < 4.78 is 17.4. The number of hydrogen-bond donors (Lipinski definition) is 0. The van der Waals surface area contributed by atoms with E-state index in [0.717, 1.165) is 25.7 Å². The zero-order valence-corrected chi connectivity index (χ0v) is 16.6. The third-order valence-electron chi connectivity index (χ3n) is 6.28. The van der Waals surface area contributed by atoms with Gasteiger partial charge in [0.25, 0.3) is 0 Å². The molecule has 23 heavy (non-hydrogen) atoms. The van der Waals surface area contributed by atoms with Crippen molar-refractivity contribution in [2.45, 2.75) is 76.8 Å². The van der Waals surface area contributed by atoms with Gasteiger partial charge in [-0.05, 0) is 55.7 Å². The summed E-state index contributed by atoms with van der Waals surface area (Å²) >= 11 is 0. The Morgan fingerprint density at radius 3 is 2.43 bits per heavy atom. The standard InChI is InChI=1S/C18H34O4Si/c1-18(2,3)23(5,6)22-17-10-13-9-14(21-12-20-4)7-8-15(13)16(17)11-19/h11,13-17H,7-10,12H2,1-6H3/t13-,14+,15+,16-,17-/m0/s1. The predicted octanol–water partition coefficient (Wildman–Crippen LogP) is 4.00. The van der Waals surface area contributed by atoms with E-state index in [9.17, 15) is 4.79 Å². The zero-order chi connectivity index (χ0) is 17.3. The Kier molecular flexibility index (Phi) is 6.09. The molecule has 0 aromatic heterocycles. The fourth-order valence-corrected chi connectivity index (χ4v) is 5.30. The maximum Gasteiger partial charge on any atom is 0.192 e. The summed E-state index contributed by atoms with van der Waals surface area (Å²) in [6, 6.07) is 0. The van der Waals surface area contributed by atoms with Gasteiger partial charge in [0.15, 0.2) is 8.32 Å². The average molecular weight is 343 g/mol. The lowest BCUT2D eigenvalue weighted by Gasteiger charge is -2.39. The van der Waals surface area contributed by atoms with Gasteiger partial charge in [-0.2, -0.15) is 0 Å². The number of carbonyl (C=O) groups excluding carboxylic acids is 1. The number of fused-ring (bicyclic) bond motifs is 1. The Bertz CT molecular complexity index is 404. The minimum absolute atomic E-state index is 0.0671. The predicted molar refractivity (Wildman–Crippen MR) is 93.8 cm³/mol. The van der Waals surface area contributed by atoms with E-state index in [1.807, 2.05) is 0 Å². The van der Waals surface area contributed by atoms with Crippen LogP contribution in [0.25, 0.3) is 0 Å². The van der Waals surface area contributed by atoms with E-state index in [2.05, 4.69) is 33.9 Å². The van der Waals surface area contributed by atoms with Crippen molar-refractivity contribution < 1.29 is 18.7 Å². The molecule has 0 N–H and O–H groups in total. The van der Waals surface area contributed by atoms with Crippen LogP contribution in [0.4, 0.5) is 0 Å². The van der Waals surface area contributed by atoms with Gasteiger partial charge in [0.2, 0.25) is 0 Å². The van der Waals surface area contributed by atoms with Gasteiger partial charge in [0.1, 0.15) is 13.1 Å². The van der Waals surface area contributed by atoms with E-state index in [1.54, 1.807) is 7.11 Å². The molecule has 5 heteroatoms. The molecule has 5 atom stereocenters. The number of carbonyl (C=O) groups is 1. The third-order valence-corrected chi connectivity index (χ3v) is 10.8. The molecular formula is C18H34O4Si. The summed E-state index contributed by atoms with van der Waals surface area (Å²) in [7, 11) is -0.181. The molecule has 134 valence electrons. The highest BCUT2D eigenvalue weighted by Crippen LogP contribution is 2.49. The fourth-order valence-electron chi connectivity index (χ4n) is 3.94. The van der Waals surface area contributed by atoms with Crippen molar-refractivity contribution in [1.82, 2.24) is 0 Å². The molecule has 2 rings (SSSR count). The Morgan fingerprint density at radius 1 is 1.17 bits per heavy atom. The lowest BCUT2D eigenvalue weighted by molar-refractivity contribution is -0.116. The number of ether oxygens (including phenoxy) is 2. The lowest BCUT2D eigenvalue weighted by Crippen LogP contribution is -2.45. The van der Waals surface area contributed by atoms with E-state index in [0.29, 0.717) is 18.6 Å². The second kappa shape index (κ2) is 7.34. The number of methoxy groups -OCH3 is 1. The monoisotopic (exact) mass is 342 g/mol. The van der Waals surface area contributed by atoms with Crippen LogP contribution in [0.2, 0.25) is 18.1 Å². The molecule has 0 unspecified atom stereocenters. The quantitative estimate of drug-likeness (QED) is 0.416. The molecule has 0 spiro atoms. The molecule has 2 aliphatic rings. The second-order valence-electron chi connectivity index (χ2n) is 8.80. The van der Waals surface area contributed by atoms with Crippen molar-refractivity contribution in [3.05, 3.63) is 0 Å². The van der Waals surface area contributed by atoms with E-state index in [1.165, 1.54) is 6.29 Å². The maximum atomic E-state index is 11.7. The number of aldehydes is 1. The minimum atomic E-state index is -1.84. The molecule has 0 aromatic carbocycles. The van der Waals surface area contributed by atoms with Gasteiger partial charge in [-0.1, -0.05) is 20.8 Å². The highest BCUT2D eigenvalue weighted by molar-refractivity contribution is 6.74. The van der Waals surface area contributed by atoms with Crippen molar-refractivity contribution in [1.29, 1.82) is 0 Å². The first-order valence-corrected chi connectivity index (χ1v) is 11.8. The van der Waals surface area contributed by atoms with Gasteiger partial charge >= 0.3 is 0 Å². The van der Waals surface area contributed by atoms with Crippen molar-refractivity contribution >= 4 is 14.6 Å². The van der Waals surface area contributed by atoms with Crippen LogP contribution >= 0.6 is 0 Å². The largest absolute Gasteiger partial charge is 0.413 e. The molecule has 2 saturated carbocycles. The summed E-state index contributed by atoms with van der Waals surface area (Å²) in [6.45, 7) is 11.7. The van der Waals surface area contributed by atoms with Crippen LogP contribution in [-0.4, -0.2) is 40.7 Å². The Labute approximate surface area is 142 Å². The van der Waals surface area contributed by atoms with Crippen LogP contribution in [0.5, 0.6) is 0 Å².